The number of nitrogens with one attached hydrogen (secondary N) is 1. The highest BCUT2D eigenvalue weighted by atomic mass is 35.5. The van der Waals surface area contributed by atoms with Crippen LogP contribution >= 0.6 is 11.6 Å². The van der Waals surface area contributed by atoms with Gasteiger partial charge in [0.15, 0.2) is 12.9 Å². The van der Waals surface area contributed by atoms with Gasteiger partial charge in [-0.1, -0.05) is 17.7 Å². The fourth-order valence-corrected chi connectivity index (χ4v) is 2.22. The molecule has 1 amide bonds. The number of carbonyl (C=O) groups excluding carboxylic acids is 2. The molecule has 0 saturated carbocycles. The molecule has 1 heterocycles. The highest BCUT2D eigenvalue weighted by molar-refractivity contribution is 6.33. The standard InChI is InChI=1S/C14H16ClNO4/c15-12-2-1-3-13(11(12)8-17)20-9-14(18)16-10-4-6-19-7-5-10/h1-3,8,10H,4-7,9H2,(H,16,18). The van der Waals surface area contributed by atoms with Crippen LogP contribution in [0.3, 0.4) is 0 Å². The summed E-state index contributed by atoms with van der Waals surface area (Å²) in [6.07, 6.45) is 2.24. The van der Waals surface area contributed by atoms with Gasteiger partial charge >= 0.3 is 0 Å². The minimum absolute atomic E-state index is 0.129. The number of ether oxygens (including phenoxy) is 2. The summed E-state index contributed by atoms with van der Waals surface area (Å²) in [7, 11) is 0. The second-order valence-corrected chi connectivity index (χ2v) is 4.92. The molecule has 1 aliphatic rings. The molecule has 108 valence electrons. The molecule has 0 aromatic heterocycles. The van der Waals surface area contributed by atoms with Crippen LogP contribution in [0.15, 0.2) is 18.2 Å². The fourth-order valence-electron chi connectivity index (χ4n) is 2.01. The molecule has 0 spiro atoms. The highest BCUT2D eigenvalue weighted by Gasteiger charge is 2.16. The molecule has 1 saturated heterocycles. The van der Waals surface area contributed by atoms with Gasteiger partial charge in [0.2, 0.25) is 0 Å². The Labute approximate surface area is 122 Å². The molecule has 1 fully saturated rings. The molecule has 1 aromatic carbocycles. The molecule has 1 aromatic rings. The number of rotatable bonds is 5. The second-order valence-electron chi connectivity index (χ2n) is 4.51. The summed E-state index contributed by atoms with van der Waals surface area (Å²) in [4.78, 5) is 22.7. The summed E-state index contributed by atoms with van der Waals surface area (Å²) in [5.41, 5.74) is 0.257. The topological polar surface area (TPSA) is 64.6 Å². The van der Waals surface area contributed by atoms with Gasteiger partial charge in [0, 0.05) is 19.3 Å². The number of aldehydes is 1. The van der Waals surface area contributed by atoms with Gasteiger partial charge in [-0.2, -0.15) is 0 Å². The molecular formula is C14H16ClNO4. The Kier molecular flexibility index (Phi) is 5.38. The molecular weight excluding hydrogens is 282 g/mol. The molecule has 0 unspecified atom stereocenters. The van der Waals surface area contributed by atoms with Crippen molar-refractivity contribution in [2.24, 2.45) is 0 Å². The molecule has 1 N–H and O–H groups in total. The smallest absolute Gasteiger partial charge is 0.258 e. The summed E-state index contributed by atoms with van der Waals surface area (Å²) in [5, 5.41) is 3.18. The van der Waals surface area contributed by atoms with E-state index in [0.29, 0.717) is 30.3 Å². The minimum Gasteiger partial charge on any atom is -0.483 e. The third-order valence-corrected chi connectivity index (χ3v) is 3.41. The lowest BCUT2D eigenvalue weighted by Crippen LogP contribution is -2.41. The average molecular weight is 298 g/mol. The van der Waals surface area contributed by atoms with Crippen molar-refractivity contribution < 1.29 is 19.1 Å². The zero-order chi connectivity index (χ0) is 14.4. The molecule has 6 heteroatoms. The fraction of sp³-hybridized carbons (Fsp3) is 0.429. The van der Waals surface area contributed by atoms with Crippen LogP contribution in [0.4, 0.5) is 0 Å². The van der Waals surface area contributed by atoms with Crippen molar-refractivity contribution in [3.8, 4) is 5.75 Å². The van der Waals surface area contributed by atoms with Gasteiger partial charge in [-0.25, -0.2) is 0 Å². The number of carbonyl (C=O) groups is 2. The SMILES string of the molecule is O=Cc1c(Cl)cccc1OCC(=O)NC1CCOCC1. The maximum Gasteiger partial charge on any atom is 0.258 e. The second kappa shape index (κ2) is 7.26. The van der Waals surface area contributed by atoms with Gasteiger partial charge in [0.25, 0.3) is 5.91 Å². The van der Waals surface area contributed by atoms with Crippen molar-refractivity contribution in [3.63, 3.8) is 0 Å². The van der Waals surface area contributed by atoms with Crippen LogP contribution in [-0.2, 0) is 9.53 Å². The normalized spacial score (nSPS) is 15.7. The first-order chi connectivity index (χ1) is 9.70. The lowest BCUT2D eigenvalue weighted by Gasteiger charge is -2.23. The maximum absolute atomic E-state index is 11.8. The van der Waals surface area contributed by atoms with Crippen LogP contribution < -0.4 is 10.1 Å². The van der Waals surface area contributed by atoms with E-state index < -0.39 is 0 Å². The van der Waals surface area contributed by atoms with E-state index in [1.54, 1.807) is 18.2 Å². The predicted octanol–water partition coefficient (Wildman–Crippen LogP) is 1.83. The quantitative estimate of drug-likeness (QED) is 0.842. The van der Waals surface area contributed by atoms with Crippen LogP contribution in [-0.4, -0.2) is 38.1 Å². The Morgan fingerprint density at radius 3 is 2.90 bits per heavy atom. The van der Waals surface area contributed by atoms with Crippen LogP contribution in [0, 0.1) is 0 Å². The highest BCUT2D eigenvalue weighted by Crippen LogP contribution is 2.24. The summed E-state index contributed by atoms with van der Waals surface area (Å²) < 4.78 is 10.6. The molecule has 2 rings (SSSR count). The van der Waals surface area contributed by atoms with E-state index in [1.165, 1.54) is 0 Å². The Balaban J connectivity index is 1.86. The molecule has 1 aliphatic heterocycles. The van der Waals surface area contributed by atoms with E-state index >= 15 is 0 Å². The first-order valence-electron chi connectivity index (χ1n) is 6.44. The van der Waals surface area contributed by atoms with Crippen molar-refractivity contribution in [2.75, 3.05) is 19.8 Å². The van der Waals surface area contributed by atoms with Crippen molar-refractivity contribution in [3.05, 3.63) is 28.8 Å². The molecule has 0 aliphatic carbocycles. The number of hydrogen-bond acceptors (Lipinski definition) is 4. The van der Waals surface area contributed by atoms with Gasteiger partial charge in [-0.05, 0) is 25.0 Å². The number of amides is 1. The molecule has 0 radical (unpaired) electrons. The lowest BCUT2D eigenvalue weighted by molar-refractivity contribution is -0.124. The van der Waals surface area contributed by atoms with Crippen LogP contribution in [0.25, 0.3) is 0 Å². The molecule has 0 atom stereocenters. The monoisotopic (exact) mass is 297 g/mol. The van der Waals surface area contributed by atoms with Crippen LogP contribution in [0.1, 0.15) is 23.2 Å². The van der Waals surface area contributed by atoms with Gasteiger partial charge < -0.3 is 14.8 Å². The first kappa shape index (κ1) is 14.8. The molecule has 5 nitrogen and oxygen atoms in total. The average Bonchev–Trinajstić information content (AvgIpc) is 2.46. The summed E-state index contributed by atoms with van der Waals surface area (Å²) in [6.45, 7) is 1.18. The third kappa shape index (κ3) is 3.95. The van der Waals surface area contributed by atoms with Gasteiger partial charge in [0.05, 0.1) is 10.6 Å². The summed E-state index contributed by atoms with van der Waals surface area (Å²) >= 11 is 5.87. The Hall–Kier alpha value is -1.59. The van der Waals surface area contributed by atoms with Gasteiger partial charge in [0.1, 0.15) is 5.75 Å². The Morgan fingerprint density at radius 1 is 1.45 bits per heavy atom. The maximum atomic E-state index is 11.8. The van der Waals surface area contributed by atoms with Crippen LogP contribution in [0.2, 0.25) is 5.02 Å². The predicted molar refractivity (Wildman–Crippen MR) is 74.3 cm³/mol. The van der Waals surface area contributed by atoms with E-state index in [2.05, 4.69) is 5.32 Å². The largest absolute Gasteiger partial charge is 0.483 e. The Morgan fingerprint density at radius 2 is 2.20 bits per heavy atom. The minimum atomic E-state index is -0.214. The summed E-state index contributed by atoms with van der Waals surface area (Å²) in [5.74, 6) is 0.100. The van der Waals surface area contributed by atoms with Crippen LogP contribution in [0.5, 0.6) is 5.75 Å². The van der Waals surface area contributed by atoms with Crippen molar-refractivity contribution >= 4 is 23.8 Å². The molecule has 20 heavy (non-hydrogen) atoms. The number of hydrogen-bond donors (Lipinski definition) is 1. The Bertz CT molecular complexity index is 486. The third-order valence-electron chi connectivity index (χ3n) is 3.08. The van der Waals surface area contributed by atoms with Gasteiger partial charge in [-0.15, -0.1) is 0 Å². The van der Waals surface area contributed by atoms with Gasteiger partial charge in [-0.3, -0.25) is 9.59 Å². The molecule has 0 bridgehead atoms. The number of halogens is 1. The van der Waals surface area contributed by atoms with E-state index in [1.807, 2.05) is 0 Å². The van der Waals surface area contributed by atoms with E-state index in [0.717, 1.165) is 12.8 Å². The zero-order valence-corrected chi connectivity index (χ0v) is 11.7. The first-order valence-corrected chi connectivity index (χ1v) is 6.82. The van der Waals surface area contributed by atoms with E-state index in [-0.39, 0.29) is 24.1 Å². The lowest BCUT2D eigenvalue weighted by atomic mass is 10.1. The van der Waals surface area contributed by atoms with E-state index in [4.69, 9.17) is 21.1 Å². The van der Waals surface area contributed by atoms with Crippen molar-refractivity contribution in [2.45, 2.75) is 18.9 Å². The zero-order valence-electron chi connectivity index (χ0n) is 10.9. The van der Waals surface area contributed by atoms with E-state index in [9.17, 15) is 9.59 Å². The van der Waals surface area contributed by atoms with Crippen molar-refractivity contribution in [1.82, 2.24) is 5.32 Å². The number of benzene rings is 1. The summed E-state index contributed by atoms with van der Waals surface area (Å²) in [6, 6.07) is 5.00. The van der Waals surface area contributed by atoms with Crippen molar-refractivity contribution in [1.29, 1.82) is 0 Å².